The molecule has 2 N–H and O–H groups in total. The molecule has 2 aromatic carbocycles. The fourth-order valence-electron chi connectivity index (χ4n) is 6.51. The maximum absolute atomic E-state index is 11.3. The molecule has 2 aliphatic heterocycles. The molecule has 2 fully saturated rings. The van der Waals surface area contributed by atoms with Gasteiger partial charge in [-0.25, -0.2) is 0 Å². The van der Waals surface area contributed by atoms with E-state index >= 15 is 0 Å². The lowest BCUT2D eigenvalue weighted by Crippen LogP contribution is -2.58. The molecular formula is C38H54N6O8. The van der Waals surface area contributed by atoms with Gasteiger partial charge in [-0.2, -0.15) is 5.26 Å². The van der Waals surface area contributed by atoms with Crippen LogP contribution in [0.25, 0.3) is 0 Å². The first-order valence-electron chi connectivity index (χ1n) is 17.4. The number of amides is 4. The van der Waals surface area contributed by atoms with Crippen molar-refractivity contribution in [1.29, 1.82) is 5.26 Å². The fraction of sp³-hybridized carbons (Fsp3) is 0.553. The molecule has 0 spiro atoms. The third kappa shape index (κ3) is 11.4. The Kier molecular flexibility index (Phi) is 15.9. The van der Waals surface area contributed by atoms with Gasteiger partial charge in [0.1, 0.15) is 0 Å². The van der Waals surface area contributed by atoms with Gasteiger partial charge in [-0.1, -0.05) is 26.0 Å². The standard InChI is InChI=1S/C27H38N2O4.C11H16N4O4/c1-20(2)27(19-28,22-10-12-24(31-5)26(18-22)33-7)14-8-15-29(3)16-13-21-9-11-23(30-4)25(17-21)32-6;1-7(15-5-10(18)13-11(19)6-15)2-14-3-8(16)12-9(17)4-14/h9-12,17-18,20H,8,13-16H2,1-7H3;7H,2-6H2,1H3,(H,12,16,17)(H,13,18,19)/t;7-/m.0/s1. The average Bonchev–Trinajstić information content (AvgIpc) is 3.11. The summed E-state index contributed by atoms with van der Waals surface area (Å²) in [7, 11) is 8.67. The van der Waals surface area contributed by atoms with Crippen LogP contribution in [0.15, 0.2) is 36.4 Å². The number of hydrogen-bond acceptors (Lipinski definition) is 12. The van der Waals surface area contributed by atoms with Crippen molar-refractivity contribution in [2.75, 3.05) is 81.3 Å². The van der Waals surface area contributed by atoms with E-state index in [4.69, 9.17) is 18.9 Å². The number of ether oxygens (including phenoxy) is 4. The van der Waals surface area contributed by atoms with Crippen LogP contribution in [0.5, 0.6) is 23.0 Å². The van der Waals surface area contributed by atoms with Gasteiger partial charge in [0.15, 0.2) is 23.0 Å². The van der Waals surface area contributed by atoms with Crippen LogP contribution in [-0.4, -0.2) is 126 Å². The molecule has 1 unspecified atom stereocenters. The van der Waals surface area contributed by atoms with E-state index < -0.39 is 5.41 Å². The van der Waals surface area contributed by atoms with Crippen molar-refractivity contribution in [3.63, 3.8) is 0 Å². The van der Waals surface area contributed by atoms with Crippen LogP contribution < -0.4 is 29.6 Å². The van der Waals surface area contributed by atoms with Gasteiger partial charge in [-0.05, 0) is 81.1 Å². The zero-order valence-electron chi connectivity index (χ0n) is 31.7. The number of methoxy groups -OCH3 is 4. The second kappa shape index (κ2) is 19.8. The minimum absolute atomic E-state index is 0.0892. The summed E-state index contributed by atoms with van der Waals surface area (Å²) in [4.78, 5) is 50.8. The minimum atomic E-state index is -0.580. The third-order valence-electron chi connectivity index (χ3n) is 9.56. The highest BCUT2D eigenvalue weighted by molar-refractivity contribution is 6.00. The van der Waals surface area contributed by atoms with Gasteiger partial charge in [0.25, 0.3) is 0 Å². The number of piperazine rings is 2. The van der Waals surface area contributed by atoms with Gasteiger partial charge in [-0.3, -0.25) is 39.6 Å². The van der Waals surface area contributed by atoms with Crippen LogP contribution in [0.4, 0.5) is 0 Å². The Balaban J connectivity index is 0.000000323. The number of likely N-dealkylation sites (N-methyl/N-ethyl adjacent to an activating group) is 1. The highest BCUT2D eigenvalue weighted by atomic mass is 16.5. The lowest BCUT2D eigenvalue weighted by molar-refractivity contribution is -0.140. The molecule has 2 aromatic rings. The third-order valence-corrected chi connectivity index (χ3v) is 9.56. The Morgan fingerprint density at radius 1 is 0.769 bits per heavy atom. The fourth-order valence-corrected chi connectivity index (χ4v) is 6.51. The SMILES string of the molecule is COc1ccc(CCN(C)CCCC(C#N)(c2ccc(OC)c(OC)c2)C(C)C)cc1OC.C[C@@H](CN1CC(=O)NC(=O)C1)N1CC(=O)NC(=O)C1. The Labute approximate surface area is 307 Å². The van der Waals surface area contributed by atoms with E-state index in [1.165, 1.54) is 5.56 Å². The summed E-state index contributed by atoms with van der Waals surface area (Å²) in [5.41, 5.74) is 1.60. The molecule has 2 aliphatic rings. The molecule has 0 radical (unpaired) electrons. The Bertz CT molecular complexity index is 1560. The number of hydrogen-bond donors (Lipinski definition) is 2. The van der Waals surface area contributed by atoms with Gasteiger partial charge in [0.05, 0.1) is 66.1 Å². The van der Waals surface area contributed by atoms with E-state index in [0.29, 0.717) is 18.0 Å². The summed E-state index contributed by atoms with van der Waals surface area (Å²) >= 11 is 0. The second-order valence-corrected chi connectivity index (χ2v) is 13.5. The maximum Gasteiger partial charge on any atom is 0.240 e. The number of carbonyl (C=O) groups excluding carboxylic acids is 4. The molecule has 0 aromatic heterocycles. The molecule has 2 atom stereocenters. The van der Waals surface area contributed by atoms with Crippen molar-refractivity contribution in [3.05, 3.63) is 47.5 Å². The predicted molar refractivity (Wildman–Crippen MR) is 195 cm³/mol. The van der Waals surface area contributed by atoms with Crippen LogP contribution in [0.2, 0.25) is 0 Å². The molecule has 14 nitrogen and oxygen atoms in total. The zero-order valence-corrected chi connectivity index (χ0v) is 31.7. The van der Waals surface area contributed by atoms with Gasteiger partial charge < -0.3 is 23.8 Å². The van der Waals surface area contributed by atoms with Crippen LogP contribution in [0, 0.1) is 17.2 Å². The van der Waals surface area contributed by atoms with E-state index in [1.54, 1.807) is 38.2 Å². The van der Waals surface area contributed by atoms with Crippen LogP contribution in [-0.2, 0) is 31.0 Å². The Morgan fingerprint density at radius 3 is 1.81 bits per heavy atom. The topological polar surface area (TPSA) is 163 Å². The predicted octanol–water partition coefficient (Wildman–Crippen LogP) is 2.38. The molecule has 0 saturated carbocycles. The first-order valence-corrected chi connectivity index (χ1v) is 17.4. The van der Waals surface area contributed by atoms with Crippen molar-refractivity contribution in [1.82, 2.24) is 25.3 Å². The molecule has 4 amide bonds. The van der Waals surface area contributed by atoms with Crippen LogP contribution >= 0.6 is 0 Å². The number of rotatable bonds is 16. The van der Waals surface area contributed by atoms with E-state index in [9.17, 15) is 24.4 Å². The molecule has 0 aliphatic carbocycles. The Morgan fingerprint density at radius 2 is 1.29 bits per heavy atom. The molecule has 52 heavy (non-hydrogen) atoms. The lowest BCUT2D eigenvalue weighted by atomic mass is 9.69. The summed E-state index contributed by atoms with van der Waals surface area (Å²) in [5, 5.41) is 14.7. The summed E-state index contributed by atoms with van der Waals surface area (Å²) < 4.78 is 21.6. The molecule has 4 rings (SSSR count). The quantitative estimate of drug-likeness (QED) is 0.244. The molecule has 0 bridgehead atoms. The zero-order chi connectivity index (χ0) is 38.4. The number of nitriles is 1. The van der Waals surface area contributed by atoms with Gasteiger partial charge in [0.2, 0.25) is 23.6 Å². The minimum Gasteiger partial charge on any atom is -0.493 e. The smallest absolute Gasteiger partial charge is 0.240 e. The molecule has 2 saturated heterocycles. The lowest BCUT2D eigenvalue weighted by Gasteiger charge is -2.35. The first-order chi connectivity index (χ1) is 24.8. The van der Waals surface area contributed by atoms with Gasteiger partial charge in [0, 0.05) is 19.1 Å². The van der Waals surface area contributed by atoms with Gasteiger partial charge in [-0.15, -0.1) is 0 Å². The van der Waals surface area contributed by atoms with Crippen molar-refractivity contribution < 1.29 is 38.1 Å². The monoisotopic (exact) mass is 722 g/mol. The van der Waals surface area contributed by atoms with E-state index in [1.807, 2.05) is 37.3 Å². The summed E-state index contributed by atoms with van der Waals surface area (Å²) in [6.45, 7) is 9.00. The average molecular weight is 723 g/mol. The maximum atomic E-state index is 11.3. The number of benzene rings is 2. The summed E-state index contributed by atoms with van der Waals surface area (Å²) in [6.07, 6.45) is 2.61. The number of nitrogens with one attached hydrogen (secondary N) is 2. The highest BCUT2D eigenvalue weighted by Crippen LogP contribution is 2.40. The van der Waals surface area contributed by atoms with Crippen LogP contribution in [0.1, 0.15) is 44.7 Å². The first kappa shape index (κ1) is 41.7. The number of nitrogens with zero attached hydrogens (tertiary/aromatic N) is 4. The van der Waals surface area contributed by atoms with Gasteiger partial charge >= 0.3 is 0 Å². The largest absolute Gasteiger partial charge is 0.493 e. The molecule has 284 valence electrons. The summed E-state index contributed by atoms with van der Waals surface area (Å²) in [6, 6.07) is 14.4. The van der Waals surface area contributed by atoms with E-state index in [-0.39, 0.29) is 61.8 Å². The van der Waals surface area contributed by atoms with Crippen LogP contribution in [0.3, 0.4) is 0 Å². The van der Waals surface area contributed by atoms with Crippen molar-refractivity contribution in [2.45, 2.75) is 51.5 Å². The number of imide groups is 2. The van der Waals surface area contributed by atoms with Crippen molar-refractivity contribution in [3.8, 4) is 29.1 Å². The normalized spacial score (nSPS) is 16.9. The molecule has 14 heteroatoms. The number of carbonyl (C=O) groups is 4. The van der Waals surface area contributed by atoms with E-state index in [0.717, 1.165) is 49.4 Å². The second-order valence-electron chi connectivity index (χ2n) is 13.5. The van der Waals surface area contributed by atoms with Crippen molar-refractivity contribution in [2.24, 2.45) is 5.92 Å². The molecular weight excluding hydrogens is 668 g/mol. The summed E-state index contributed by atoms with van der Waals surface area (Å²) in [5.74, 6) is 1.69. The highest BCUT2D eigenvalue weighted by Gasteiger charge is 2.36. The molecule has 2 heterocycles. The van der Waals surface area contributed by atoms with E-state index in [2.05, 4.69) is 48.6 Å². The Hall–Kier alpha value is -4.71. The van der Waals surface area contributed by atoms with Crippen molar-refractivity contribution >= 4 is 23.6 Å².